The van der Waals surface area contributed by atoms with E-state index in [1.54, 1.807) is 0 Å². The molecule has 9 rings (SSSR count). The SMILES string of the molecule is CC12C=Cc3c(c(-c4ccc(-c5nc(-c6ccccc6)cc(-c6ccccc6)n5)cc4)nc4ccccc34)C1=CC=C(c1ccccc1)N2. The summed E-state index contributed by atoms with van der Waals surface area (Å²) in [6.45, 7) is 2.25. The third-order valence-electron chi connectivity index (χ3n) is 9.52. The van der Waals surface area contributed by atoms with Crippen LogP contribution in [0.4, 0.5) is 0 Å². The number of rotatable bonds is 5. The normalized spacial score (nSPS) is 16.3. The second-order valence-electron chi connectivity index (χ2n) is 12.7. The number of hydrogen-bond acceptors (Lipinski definition) is 4. The van der Waals surface area contributed by atoms with E-state index in [0.717, 1.165) is 61.5 Å². The zero-order valence-electron chi connectivity index (χ0n) is 27.0. The molecule has 1 unspecified atom stereocenters. The Bertz CT molecular complexity index is 2390. The fraction of sp³-hybridized carbons (Fsp3) is 0.0444. The Morgan fingerprint density at radius 3 is 1.76 bits per heavy atom. The summed E-state index contributed by atoms with van der Waals surface area (Å²) in [6, 6.07) is 50.1. The first-order valence-electron chi connectivity index (χ1n) is 16.6. The van der Waals surface area contributed by atoms with Crippen molar-refractivity contribution in [2.45, 2.75) is 12.5 Å². The quantitative estimate of drug-likeness (QED) is 0.206. The number of hydrogen-bond donors (Lipinski definition) is 1. The summed E-state index contributed by atoms with van der Waals surface area (Å²) in [6.07, 6.45) is 9.02. The van der Waals surface area contributed by atoms with Crippen LogP contribution in [-0.4, -0.2) is 20.5 Å². The number of allylic oxidation sites excluding steroid dienone is 2. The van der Waals surface area contributed by atoms with Gasteiger partial charge in [-0.2, -0.15) is 0 Å². The van der Waals surface area contributed by atoms with Gasteiger partial charge in [0.1, 0.15) is 0 Å². The molecule has 1 aliphatic heterocycles. The van der Waals surface area contributed by atoms with Crippen LogP contribution in [0.5, 0.6) is 0 Å². The predicted molar refractivity (Wildman–Crippen MR) is 202 cm³/mol. The number of benzene rings is 5. The summed E-state index contributed by atoms with van der Waals surface area (Å²) < 4.78 is 0. The van der Waals surface area contributed by atoms with Gasteiger partial charge >= 0.3 is 0 Å². The van der Waals surface area contributed by atoms with Crippen molar-refractivity contribution in [1.29, 1.82) is 0 Å². The number of para-hydroxylation sites is 1. The van der Waals surface area contributed by atoms with Crippen LogP contribution in [0.25, 0.3) is 73.4 Å². The molecular formula is C45H32N4. The molecule has 4 nitrogen and oxygen atoms in total. The first-order valence-corrected chi connectivity index (χ1v) is 16.6. The van der Waals surface area contributed by atoms with Crippen LogP contribution in [0.2, 0.25) is 0 Å². The number of fused-ring (bicyclic) bond motifs is 5. The molecule has 2 aliphatic rings. The smallest absolute Gasteiger partial charge is 0.160 e. The molecule has 0 bridgehead atoms. The maximum Gasteiger partial charge on any atom is 0.160 e. The van der Waals surface area contributed by atoms with E-state index in [4.69, 9.17) is 15.0 Å². The monoisotopic (exact) mass is 628 g/mol. The minimum Gasteiger partial charge on any atom is -0.372 e. The Hall–Kier alpha value is -6.39. The van der Waals surface area contributed by atoms with Crippen LogP contribution in [-0.2, 0) is 0 Å². The first-order chi connectivity index (χ1) is 24.1. The summed E-state index contributed by atoms with van der Waals surface area (Å²) >= 11 is 0. The molecule has 0 saturated carbocycles. The van der Waals surface area contributed by atoms with Gasteiger partial charge in [0, 0.05) is 38.9 Å². The van der Waals surface area contributed by atoms with E-state index >= 15 is 0 Å². The van der Waals surface area contributed by atoms with Gasteiger partial charge in [-0.1, -0.05) is 152 Å². The number of nitrogens with one attached hydrogen (secondary N) is 1. The maximum atomic E-state index is 5.31. The number of dihydropyridines is 1. The van der Waals surface area contributed by atoms with Crippen molar-refractivity contribution in [3.63, 3.8) is 0 Å². The molecule has 49 heavy (non-hydrogen) atoms. The standard InChI is InChI=1S/C45H32N4/c1-45-28-27-36-35-19-11-12-20-39(35)46-43(42(36)37(45)25-26-38(49-45)30-13-5-2-6-14-30)33-21-23-34(24-22-33)44-47-40(31-15-7-3-8-16-31)29-41(48-44)32-17-9-4-10-18-32/h2-29,49H,1H3. The third-order valence-corrected chi connectivity index (χ3v) is 9.52. The lowest BCUT2D eigenvalue weighted by atomic mass is 9.75. The molecular weight excluding hydrogens is 597 g/mol. The molecule has 2 aromatic heterocycles. The van der Waals surface area contributed by atoms with Gasteiger partial charge in [0.25, 0.3) is 0 Å². The number of aromatic nitrogens is 3. The van der Waals surface area contributed by atoms with Crippen molar-refractivity contribution in [3.05, 3.63) is 181 Å². The molecule has 0 fully saturated rings. The molecule has 1 aliphatic carbocycles. The highest BCUT2D eigenvalue weighted by Gasteiger charge is 2.36. The van der Waals surface area contributed by atoms with Gasteiger partial charge in [0.05, 0.1) is 28.1 Å². The van der Waals surface area contributed by atoms with Gasteiger partial charge in [-0.3, -0.25) is 0 Å². The first kappa shape index (κ1) is 28.8. The minimum atomic E-state index is -0.398. The van der Waals surface area contributed by atoms with Crippen molar-refractivity contribution < 1.29 is 0 Å². The highest BCUT2D eigenvalue weighted by Crippen LogP contribution is 2.46. The number of pyridine rings is 1. The Morgan fingerprint density at radius 2 is 1.10 bits per heavy atom. The lowest BCUT2D eigenvalue weighted by molar-refractivity contribution is 0.644. The third kappa shape index (κ3) is 5.15. The Kier molecular flexibility index (Phi) is 6.87. The van der Waals surface area contributed by atoms with Crippen LogP contribution in [0, 0.1) is 0 Å². The summed E-state index contributed by atoms with van der Waals surface area (Å²) in [5.41, 5.74) is 13.3. The summed E-state index contributed by atoms with van der Waals surface area (Å²) in [5, 5.41) is 4.99. The Balaban J connectivity index is 1.18. The van der Waals surface area contributed by atoms with Crippen LogP contribution >= 0.6 is 0 Å². The summed E-state index contributed by atoms with van der Waals surface area (Å²) in [7, 11) is 0. The molecule has 1 atom stereocenters. The molecule has 232 valence electrons. The molecule has 7 aromatic rings. The van der Waals surface area contributed by atoms with Gasteiger partial charge in [0.15, 0.2) is 5.82 Å². The van der Waals surface area contributed by atoms with Crippen LogP contribution in [0.1, 0.15) is 23.6 Å². The van der Waals surface area contributed by atoms with E-state index in [1.807, 2.05) is 36.4 Å². The van der Waals surface area contributed by atoms with Gasteiger partial charge in [0.2, 0.25) is 0 Å². The predicted octanol–water partition coefficient (Wildman–Crippen LogP) is 10.5. The lowest BCUT2D eigenvalue weighted by Gasteiger charge is -2.39. The van der Waals surface area contributed by atoms with Crippen molar-refractivity contribution in [2.24, 2.45) is 0 Å². The molecule has 0 spiro atoms. The van der Waals surface area contributed by atoms with Crippen molar-refractivity contribution in [3.8, 4) is 45.2 Å². The maximum absolute atomic E-state index is 5.31. The molecule has 0 saturated heterocycles. The van der Waals surface area contributed by atoms with Crippen LogP contribution in [0.3, 0.4) is 0 Å². The molecule has 0 amide bonds. The van der Waals surface area contributed by atoms with E-state index in [0.29, 0.717) is 5.82 Å². The fourth-order valence-electron chi connectivity index (χ4n) is 7.00. The Labute approximate surface area is 285 Å². The average Bonchev–Trinajstić information content (AvgIpc) is 3.18. The fourth-order valence-corrected chi connectivity index (χ4v) is 7.00. The molecule has 3 heterocycles. The largest absolute Gasteiger partial charge is 0.372 e. The van der Waals surface area contributed by atoms with Crippen molar-refractivity contribution in [1.82, 2.24) is 20.3 Å². The van der Waals surface area contributed by atoms with E-state index in [9.17, 15) is 0 Å². The molecule has 4 heteroatoms. The summed E-state index contributed by atoms with van der Waals surface area (Å²) in [4.78, 5) is 15.4. The van der Waals surface area contributed by atoms with Crippen molar-refractivity contribution >= 4 is 28.2 Å². The van der Waals surface area contributed by atoms with E-state index in [1.165, 1.54) is 16.7 Å². The Morgan fingerprint density at radius 1 is 0.531 bits per heavy atom. The summed E-state index contributed by atoms with van der Waals surface area (Å²) in [5.74, 6) is 0.688. The van der Waals surface area contributed by atoms with Crippen molar-refractivity contribution in [2.75, 3.05) is 0 Å². The highest BCUT2D eigenvalue weighted by atomic mass is 15.0. The van der Waals surface area contributed by atoms with E-state index in [2.05, 4.69) is 146 Å². The topological polar surface area (TPSA) is 50.7 Å². The van der Waals surface area contributed by atoms with Gasteiger partial charge < -0.3 is 5.32 Å². The minimum absolute atomic E-state index is 0.398. The van der Waals surface area contributed by atoms with Gasteiger partial charge in [-0.25, -0.2) is 15.0 Å². The van der Waals surface area contributed by atoms with E-state index < -0.39 is 5.54 Å². The van der Waals surface area contributed by atoms with Crippen LogP contribution < -0.4 is 5.32 Å². The van der Waals surface area contributed by atoms with Gasteiger partial charge in [-0.15, -0.1) is 0 Å². The second kappa shape index (κ2) is 11.7. The average molecular weight is 629 g/mol. The van der Waals surface area contributed by atoms with Crippen LogP contribution in [0.15, 0.2) is 164 Å². The highest BCUT2D eigenvalue weighted by molar-refractivity contribution is 6.03. The zero-order chi connectivity index (χ0) is 32.8. The van der Waals surface area contributed by atoms with E-state index in [-0.39, 0.29) is 0 Å². The zero-order valence-corrected chi connectivity index (χ0v) is 27.0. The molecule has 0 radical (unpaired) electrons. The molecule has 5 aromatic carbocycles. The van der Waals surface area contributed by atoms with Gasteiger partial charge in [-0.05, 0) is 41.8 Å². The lowest BCUT2D eigenvalue weighted by Crippen LogP contribution is -2.43. The number of nitrogens with zero attached hydrogens (tertiary/aromatic N) is 3. The second-order valence-corrected chi connectivity index (χ2v) is 12.7. The molecule has 1 N–H and O–H groups in total.